The number of aliphatic hydroxyl groups is 10. The largest absolute Gasteiger partial charge is 0.508 e. The van der Waals surface area contributed by atoms with Crippen molar-refractivity contribution in [3.05, 3.63) is 46.6 Å². The second kappa shape index (κ2) is 15.6. The summed E-state index contributed by atoms with van der Waals surface area (Å²) in [6.45, 7) is -0.235. The van der Waals surface area contributed by atoms with E-state index in [1.165, 1.54) is 31.2 Å². The van der Waals surface area contributed by atoms with Crippen molar-refractivity contribution in [2.75, 3.05) is 13.2 Å². The highest BCUT2D eigenvalue weighted by molar-refractivity contribution is 5.88. The fraction of sp³-hybridized carbons (Fsp3) is 0.545. The van der Waals surface area contributed by atoms with Crippen LogP contribution in [0, 0.1) is 0 Å². The van der Waals surface area contributed by atoms with E-state index in [4.69, 9.17) is 32.8 Å². The third kappa shape index (κ3) is 7.39. The number of phenolic OH excluding ortho intramolecular Hbond substituents is 2. The predicted octanol–water partition coefficient (Wildman–Crippen LogP) is -3.92. The Morgan fingerprint density at radius 2 is 1.25 bits per heavy atom. The monoisotopic (exact) mass is 756 g/mol. The molecular formula is C33H40O20. The van der Waals surface area contributed by atoms with E-state index in [-0.39, 0.29) is 28.4 Å². The highest BCUT2D eigenvalue weighted by Gasteiger charge is 2.51. The van der Waals surface area contributed by atoms with Crippen molar-refractivity contribution in [3.8, 4) is 34.3 Å². The Hall–Kier alpha value is -3.71. The van der Waals surface area contributed by atoms with Crippen molar-refractivity contribution < 1.29 is 94.1 Å². The summed E-state index contributed by atoms with van der Waals surface area (Å²) in [5, 5.41) is 123. The second-order valence-corrected chi connectivity index (χ2v) is 12.9. The molecule has 292 valence electrons. The first-order valence-corrected chi connectivity index (χ1v) is 16.4. The van der Waals surface area contributed by atoms with Crippen LogP contribution in [0.4, 0.5) is 0 Å². The molecule has 20 heteroatoms. The molecular weight excluding hydrogens is 716 g/mol. The van der Waals surface area contributed by atoms with Crippen LogP contribution in [-0.2, 0) is 18.9 Å². The van der Waals surface area contributed by atoms with Gasteiger partial charge >= 0.3 is 0 Å². The first kappa shape index (κ1) is 39.0. The zero-order chi connectivity index (χ0) is 38.5. The van der Waals surface area contributed by atoms with E-state index in [2.05, 4.69) is 0 Å². The predicted molar refractivity (Wildman–Crippen MR) is 171 cm³/mol. The summed E-state index contributed by atoms with van der Waals surface area (Å²) in [5.74, 6) is -2.26. The molecule has 6 rings (SSSR count). The van der Waals surface area contributed by atoms with Gasteiger partial charge in [-0.1, -0.05) is 0 Å². The van der Waals surface area contributed by atoms with Gasteiger partial charge in [-0.15, -0.1) is 0 Å². The summed E-state index contributed by atoms with van der Waals surface area (Å²) in [6, 6.07) is 7.18. The van der Waals surface area contributed by atoms with Crippen LogP contribution in [0.25, 0.3) is 22.3 Å². The minimum absolute atomic E-state index is 0.0982. The Kier molecular flexibility index (Phi) is 11.5. The zero-order valence-electron chi connectivity index (χ0n) is 27.7. The minimum Gasteiger partial charge on any atom is -0.508 e. The van der Waals surface area contributed by atoms with E-state index in [0.29, 0.717) is 0 Å². The van der Waals surface area contributed by atoms with Crippen LogP contribution < -0.4 is 14.9 Å². The number of aromatic hydroxyl groups is 2. The number of aliphatic hydroxyl groups excluding tert-OH is 10. The lowest BCUT2D eigenvalue weighted by Gasteiger charge is -2.45. The third-order valence-corrected chi connectivity index (χ3v) is 9.29. The van der Waals surface area contributed by atoms with Crippen molar-refractivity contribution in [2.24, 2.45) is 0 Å². The zero-order valence-corrected chi connectivity index (χ0v) is 27.7. The van der Waals surface area contributed by atoms with Gasteiger partial charge in [0.2, 0.25) is 23.8 Å². The van der Waals surface area contributed by atoms with E-state index in [9.17, 15) is 66.1 Å². The van der Waals surface area contributed by atoms with Crippen LogP contribution in [0.2, 0.25) is 0 Å². The average Bonchev–Trinajstić information content (AvgIpc) is 3.13. The molecule has 0 saturated carbocycles. The van der Waals surface area contributed by atoms with Gasteiger partial charge in [-0.05, 0) is 31.2 Å². The molecule has 2 aromatic carbocycles. The maximum Gasteiger partial charge on any atom is 0.239 e. The van der Waals surface area contributed by atoms with Gasteiger partial charge in [0.05, 0.1) is 19.3 Å². The van der Waals surface area contributed by atoms with Crippen molar-refractivity contribution >= 4 is 11.0 Å². The average molecular weight is 757 g/mol. The van der Waals surface area contributed by atoms with Gasteiger partial charge in [-0.2, -0.15) is 0 Å². The minimum atomic E-state index is -1.94. The molecule has 1 aromatic heterocycles. The molecule has 15 atom stereocenters. The van der Waals surface area contributed by atoms with Crippen molar-refractivity contribution in [3.63, 3.8) is 0 Å². The fourth-order valence-electron chi connectivity index (χ4n) is 6.23. The molecule has 3 aromatic rings. The van der Waals surface area contributed by atoms with Gasteiger partial charge in [0.1, 0.15) is 89.3 Å². The van der Waals surface area contributed by atoms with Crippen LogP contribution in [0.3, 0.4) is 0 Å². The van der Waals surface area contributed by atoms with Gasteiger partial charge in [-0.25, -0.2) is 0 Å². The summed E-state index contributed by atoms with van der Waals surface area (Å²) >= 11 is 0. The van der Waals surface area contributed by atoms with Gasteiger partial charge in [0.25, 0.3) is 0 Å². The molecule has 0 bridgehead atoms. The number of fused-ring (bicyclic) bond motifs is 1. The number of rotatable bonds is 9. The maximum absolute atomic E-state index is 14.2. The number of ether oxygens (including phenoxy) is 6. The Bertz CT molecular complexity index is 1780. The molecule has 0 aliphatic carbocycles. The second-order valence-electron chi connectivity index (χ2n) is 12.9. The molecule has 0 amide bonds. The topological polar surface area (TPSA) is 328 Å². The Labute approximate surface area is 298 Å². The molecule has 53 heavy (non-hydrogen) atoms. The van der Waals surface area contributed by atoms with Crippen molar-refractivity contribution in [1.82, 2.24) is 0 Å². The van der Waals surface area contributed by atoms with E-state index >= 15 is 0 Å². The molecule has 12 N–H and O–H groups in total. The maximum atomic E-state index is 14.2. The molecule has 3 aliphatic heterocycles. The first-order valence-electron chi connectivity index (χ1n) is 16.4. The molecule has 3 saturated heterocycles. The summed E-state index contributed by atoms with van der Waals surface area (Å²) in [7, 11) is 0. The number of benzene rings is 2. The van der Waals surface area contributed by atoms with Gasteiger partial charge < -0.3 is 94.1 Å². The first-order chi connectivity index (χ1) is 25.1. The summed E-state index contributed by atoms with van der Waals surface area (Å²) in [5.41, 5.74) is -1.30. The molecule has 0 spiro atoms. The lowest BCUT2D eigenvalue weighted by atomic mass is 9.97. The Morgan fingerprint density at radius 3 is 1.89 bits per heavy atom. The third-order valence-electron chi connectivity index (χ3n) is 9.29. The van der Waals surface area contributed by atoms with Crippen LogP contribution in [-0.4, -0.2) is 167 Å². The summed E-state index contributed by atoms with van der Waals surface area (Å²) in [4.78, 5) is 14.2. The molecule has 0 unspecified atom stereocenters. The molecule has 3 fully saturated rings. The van der Waals surface area contributed by atoms with E-state index in [1.54, 1.807) is 0 Å². The van der Waals surface area contributed by atoms with E-state index < -0.39 is 128 Å². The quantitative estimate of drug-likeness (QED) is 0.0992. The summed E-state index contributed by atoms with van der Waals surface area (Å²) < 4.78 is 39.9. The Morgan fingerprint density at radius 1 is 0.660 bits per heavy atom. The molecule has 20 nitrogen and oxygen atoms in total. The molecule has 0 radical (unpaired) electrons. The smallest absolute Gasteiger partial charge is 0.239 e. The number of phenols is 2. The van der Waals surface area contributed by atoms with Crippen LogP contribution in [0.1, 0.15) is 6.92 Å². The van der Waals surface area contributed by atoms with Crippen LogP contribution in [0.15, 0.2) is 45.6 Å². The van der Waals surface area contributed by atoms with Crippen molar-refractivity contribution in [1.29, 1.82) is 0 Å². The van der Waals surface area contributed by atoms with E-state index in [1.807, 2.05) is 0 Å². The van der Waals surface area contributed by atoms with Crippen molar-refractivity contribution in [2.45, 2.75) is 99.0 Å². The lowest BCUT2D eigenvalue weighted by molar-refractivity contribution is -0.354. The molecule has 3 aliphatic rings. The highest BCUT2D eigenvalue weighted by atomic mass is 16.8. The highest BCUT2D eigenvalue weighted by Crippen LogP contribution is 2.39. The normalized spacial score (nSPS) is 37.8. The number of hydrogen-bond donors (Lipinski definition) is 12. The SMILES string of the molecule is C[C@@H]1O[C@@H](O[C@H]2[C@H](Oc3c(-c4ccc(O)cc4)oc4cc(O[C@@H]5O[C@@H](CO)[C@@H](O)[C@H](O)[C@H]5O)cc(O)c4c3=O)O[C@@H](CO)[C@H](O)[C@@H]2O)[C@@H](O)[C@H](O)[C@H]1O. The van der Waals surface area contributed by atoms with Crippen LogP contribution in [0.5, 0.6) is 23.0 Å². The van der Waals surface area contributed by atoms with E-state index in [0.717, 1.165) is 12.1 Å². The van der Waals surface area contributed by atoms with Crippen LogP contribution >= 0.6 is 0 Å². The summed E-state index contributed by atoms with van der Waals surface area (Å²) in [6.07, 6.45) is -25.3. The molecule has 4 heterocycles. The Balaban J connectivity index is 1.41. The van der Waals surface area contributed by atoms with Gasteiger partial charge in [0.15, 0.2) is 18.2 Å². The van der Waals surface area contributed by atoms with Gasteiger partial charge in [0, 0.05) is 17.7 Å². The fourth-order valence-corrected chi connectivity index (χ4v) is 6.23. The van der Waals surface area contributed by atoms with Gasteiger partial charge in [-0.3, -0.25) is 4.79 Å². The standard InChI is InChI=1S/C33H40O20/c1-10-19(38)23(42)26(45)31(47-10)53-30-25(44)21(40)17(9-35)51-33(30)52-29-22(41)18-14(37)6-13(48-32-27(46)24(43)20(39)16(8-34)50-32)7-15(18)49-28(29)11-2-4-12(36)5-3-11/h2-7,10,16-17,19-21,23-27,30-40,42-46H,8-9H2,1H3/t10-,16-,17-,19-,20+,21-,23+,24-,25-,26-,27+,30+,31-,32+,33-/m0/s1. The number of hydrogen-bond acceptors (Lipinski definition) is 20. The lowest BCUT2D eigenvalue weighted by Crippen LogP contribution is -2.64.